The average molecular weight is 219 g/mol. The summed E-state index contributed by atoms with van der Waals surface area (Å²) in [7, 11) is 0. The van der Waals surface area contributed by atoms with Gasteiger partial charge in [-0.05, 0) is 37.3 Å². The maximum absolute atomic E-state index is 5.89. The third kappa shape index (κ3) is 3.97. The van der Waals surface area contributed by atoms with E-state index in [2.05, 4.69) is 45.0 Å². The van der Waals surface area contributed by atoms with Gasteiger partial charge in [0.15, 0.2) is 0 Å². The molecule has 1 aromatic rings. The molecule has 0 aliphatic rings. The zero-order chi connectivity index (χ0) is 12.0. The normalized spacial score (nSPS) is 14.8. The Labute approximate surface area is 100 Å². The summed E-state index contributed by atoms with van der Waals surface area (Å²) in [5.74, 6) is 1.36. The van der Waals surface area contributed by atoms with Crippen LogP contribution in [0.3, 0.4) is 0 Å². The molecule has 2 N–H and O–H groups in total. The molecule has 0 spiro atoms. The lowest BCUT2D eigenvalue weighted by molar-refractivity contribution is 0.340. The van der Waals surface area contributed by atoms with Crippen molar-refractivity contribution >= 4 is 0 Å². The quantitative estimate of drug-likeness (QED) is 0.778. The molecule has 1 heteroatoms. The lowest BCUT2D eigenvalue weighted by Gasteiger charge is -2.22. The van der Waals surface area contributed by atoms with Crippen LogP contribution >= 0.6 is 0 Å². The molecule has 1 aromatic carbocycles. The van der Waals surface area contributed by atoms with Crippen molar-refractivity contribution in [1.82, 2.24) is 0 Å². The van der Waals surface area contributed by atoms with Gasteiger partial charge in [0.1, 0.15) is 0 Å². The summed E-state index contributed by atoms with van der Waals surface area (Å²) in [5, 5.41) is 0. The Hall–Kier alpha value is -0.820. The van der Waals surface area contributed by atoms with E-state index in [1.54, 1.807) is 0 Å². The first-order chi connectivity index (χ1) is 7.67. The van der Waals surface area contributed by atoms with E-state index in [0.717, 1.165) is 18.9 Å². The Bertz CT molecular complexity index is 306. The maximum Gasteiger partial charge on any atom is -0.00431 e. The van der Waals surface area contributed by atoms with E-state index in [0.29, 0.717) is 5.92 Å². The number of nitrogens with two attached hydrogens (primary N) is 1. The van der Waals surface area contributed by atoms with Crippen molar-refractivity contribution in [2.45, 2.75) is 40.0 Å². The molecular formula is C15H25N. The summed E-state index contributed by atoms with van der Waals surface area (Å²) in [6.45, 7) is 7.53. The largest absolute Gasteiger partial charge is 0.330 e. The molecule has 0 fully saturated rings. The SMILES string of the molecule is CCCC(C)C(CN)Cc1cccc(C)c1. The molecule has 0 saturated carbocycles. The second-order valence-electron chi connectivity index (χ2n) is 4.95. The van der Waals surface area contributed by atoms with E-state index in [4.69, 9.17) is 5.73 Å². The lowest BCUT2D eigenvalue weighted by atomic mass is 9.85. The minimum Gasteiger partial charge on any atom is -0.330 e. The number of hydrogen-bond donors (Lipinski definition) is 1. The van der Waals surface area contributed by atoms with Crippen molar-refractivity contribution in [3.05, 3.63) is 35.4 Å². The van der Waals surface area contributed by atoms with Crippen LogP contribution in [0.25, 0.3) is 0 Å². The highest BCUT2D eigenvalue weighted by atomic mass is 14.6. The smallest absolute Gasteiger partial charge is 0.00431 e. The van der Waals surface area contributed by atoms with Gasteiger partial charge < -0.3 is 5.73 Å². The average Bonchev–Trinajstić information content (AvgIpc) is 2.26. The zero-order valence-corrected chi connectivity index (χ0v) is 10.9. The Morgan fingerprint density at radius 3 is 2.62 bits per heavy atom. The zero-order valence-electron chi connectivity index (χ0n) is 10.9. The molecule has 0 aromatic heterocycles. The van der Waals surface area contributed by atoms with Crippen LogP contribution in [0.4, 0.5) is 0 Å². The van der Waals surface area contributed by atoms with E-state index < -0.39 is 0 Å². The fourth-order valence-electron chi connectivity index (χ4n) is 2.35. The molecule has 0 heterocycles. The maximum atomic E-state index is 5.89. The molecule has 0 aliphatic carbocycles. The first kappa shape index (κ1) is 13.2. The molecule has 0 radical (unpaired) electrons. The minimum atomic E-state index is 0.627. The van der Waals surface area contributed by atoms with Crippen molar-refractivity contribution in [1.29, 1.82) is 0 Å². The molecule has 1 rings (SSSR count). The van der Waals surface area contributed by atoms with Crippen LogP contribution in [-0.2, 0) is 6.42 Å². The van der Waals surface area contributed by atoms with Gasteiger partial charge >= 0.3 is 0 Å². The molecule has 0 amide bonds. The molecule has 2 unspecified atom stereocenters. The summed E-state index contributed by atoms with van der Waals surface area (Å²) in [6.07, 6.45) is 3.67. The van der Waals surface area contributed by atoms with Crippen LogP contribution in [-0.4, -0.2) is 6.54 Å². The second kappa shape index (κ2) is 6.70. The van der Waals surface area contributed by atoms with Gasteiger partial charge in [-0.2, -0.15) is 0 Å². The van der Waals surface area contributed by atoms with Gasteiger partial charge in [0.05, 0.1) is 0 Å². The number of aryl methyl sites for hydroxylation is 1. The van der Waals surface area contributed by atoms with E-state index in [1.165, 1.54) is 24.0 Å². The Morgan fingerprint density at radius 1 is 1.31 bits per heavy atom. The van der Waals surface area contributed by atoms with E-state index in [9.17, 15) is 0 Å². The number of rotatable bonds is 6. The minimum absolute atomic E-state index is 0.627. The first-order valence-electron chi connectivity index (χ1n) is 6.43. The van der Waals surface area contributed by atoms with Crippen molar-refractivity contribution in [3.8, 4) is 0 Å². The summed E-state index contributed by atoms with van der Waals surface area (Å²) < 4.78 is 0. The van der Waals surface area contributed by atoms with E-state index >= 15 is 0 Å². The monoisotopic (exact) mass is 219 g/mol. The van der Waals surface area contributed by atoms with Gasteiger partial charge in [-0.3, -0.25) is 0 Å². The van der Waals surface area contributed by atoms with Crippen molar-refractivity contribution in [2.75, 3.05) is 6.54 Å². The fraction of sp³-hybridized carbons (Fsp3) is 0.600. The molecule has 1 nitrogen and oxygen atoms in total. The van der Waals surface area contributed by atoms with E-state index in [1.807, 2.05) is 0 Å². The summed E-state index contributed by atoms with van der Waals surface area (Å²) >= 11 is 0. The van der Waals surface area contributed by atoms with Crippen molar-refractivity contribution in [2.24, 2.45) is 17.6 Å². The highest BCUT2D eigenvalue weighted by Gasteiger charge is 2.15. The van der Waals surface area contributed by atoms with Crippen LogP contribution < -0.4 is 5.73 Å². The van der Waals surface area contributed by atoms with Crippen LogP contribution in [0.5, 0.6) is 0 Å². The third-order valence-corrected chi connectivity index (χ3v) is 3.43. The van der Waals surface area contributed by atoms with Gasteiger partial charge in [-0.1, -0.05) is 56.5 Å². The number of hydrogen-bond acceptors (Lipinski definition) is 1. The van der Waals surface area contributed by atoms with Crippen LogP contribution in [0.2, 0.25) is 0 Å². The Kier molecular flexibility index (Phi) is 5.54. The fourth-order valence-corrected chi connectivity index (χ4v) is 2.35. The van der Waals surface area contributed by atoms with Gasteiger partial charge in [0.2, 0.25) is 0 Å². The predicted octanol–water partition coefficient (Wildman–Crippen LogP) is 3.55. The van der Waals surface area contributed by atoms with Gasteiger partial charge in [-0.15, -0.1) is 0 Å². The molecule has 90 valence electrons. The summed E-state index contributed by atoms with van der Waals surface area (Å²) in [6, 6.07) is 8.79. The molecule has 2 atom stereocenters. The van der Waals surface area contributed by atoms with Crippen LogP contribution in [0.1, 0.15) is 37.8 Å². The van der Waals surface area contributed by atoms with Crippen LogP contribution in [0, 0.1) is 18.8 Å². The predicted molar refractivity (Wildman–Crippen MR) is 71.5 cm³/mol. The van der Waals surface area contributed by atoms with Crippen LogP contribution in [0.15, 0.2) is 24.3 Å². The molecule has 16 heavy (non-hydrogen) atoms. The highest BCUT2D eigenvalue weighted by molar-refractivity contribution is 5.22. The molecule has 0 saturated heterocycles. The van der Waals surface area contributed by atoms with Gasteiger partial charge in [-0.25, -0.2) is 0 Å². The highest BCUT2D eigenvalue weighted by Crippen LogP contribution is 2.21. The van der Waals surface area contributed by atoms with E-state index in [-0.39, 0.29) is 0 Å². The Morgan fingerprint density at radius 2 is 2.06 bits per heavy atom. The summed E-state index contributed by atoms with van der Waals surface area (Å²) in [4.78, 5) is 0. The summed E-state index contributed by atoms with van der Waals surface area (Å²) in [5.41, 5.74) is 8.66. The van der Waals surface area contributed by atoms with Crippen molar-refractivity contribution < 1.29 is 0 Å². The molecular weight excluding hydrogens is 194 g/mol. The second-order valence-corrected chi connectivity index (χ2v) is 4.95. The first-order valence-corrected chi connectivity index (χ1v) is 6.43. The standard InChI is InChI=1S/C15H25N/c1-4-6-13(3)15(11-16)10-14-8-5-7-12(2)9-14/h5,7-9,13,15H,4,6,10-11,16H2,1-3H3. The van der Waals surface area contributed by atoms with Gasteiger partial charge in [0, 0.05) is 0 Å². The van der Waals surface area contributed by atoms with Gasteiger partial charge in [0.25, 0.3) is 0 Å². The number of benzene rings is 1. The molecule has 0 aliphatic heterocycles. The van der Waals surface area contributed by atoms with Crippen molar-refractivity contribution in [3.63, 3.8) is 0 Å². The topological polar surface area (TPSA) is 26.0 Å². The molecule has 0 bridgehead atoms. The third-order valence-electron chi connectivity index (χ3n) is 3.43. The lowest BCUT2D eigenvalue weighted by Crippen LogP contribution is -2.23. The Balaban J connectivity index is 2.62.